The van der Waals surface area contributed by atoms with Gasteiger partial charge < -0.3 is 21.1 Å². The number of hydrogen-bond acceptors (Lipinski definition) is 6. The van der Waals surface area contributed by atoms with Gasteiger partial charge in [0.25, 0.3) is 0 Å². The number of para-hydroxylation sites is 1. The molecule has 3 heterocycles. The molecule has 1 atom stereocenters. The summed E-state index contributed by atoms with van der Waals surface area (Å²) in [6.07, 6.45) is 7.20. The number of nitrogens with two attached hydrogens (primary N) is 1. The van der Waals surface area contributed by atoms with Gasteiger partial charge in [0.15, 0.2) is 0 Å². The van der Waals surface area contributed by atoms with Crippen LogP contribution in [0.5, 0.6) is 11.5 Å². The van der Waals surface area contributed by atoms with Crippen LogP contribution in [-0.2, 0) is 4.79 Å². The minimum atomic E-state index is -0.0931. The normalized spacial score (nSPS) is 16.1. The standard InChI is InChI=1S/C27H26N4O2S/c28-27-25-23(18-8-11-22(12-9-18)33-21-6-2-1-3-7-21)17-34-26(25)19(15-30-27)10-13-24(32)31-20-5-4-14-29-16-20/h1-3,6-13,15,17,20,29H,4-5,14,16H2,(H2,28,30)(H,31,32). The number of thiophene rings is 1. The zero-order valence-corrected chi connectivity index (χ0v) is 19.5. The van der Waals surface area contributed by atoms with Crippen LogP contribution in [0.4, 0.5) is 5.82 Å². The van der Waals surface area contributed by atoms with E-state index in [1.54, 1.807) is 23.6 Å². The van der Waals surface area contributed by atoms with Gasteiger partial charge in [-0.05, 0) is 60.7 Å². The molecule has 1 amide bonds. The highest BCUT2D eigenvalue weighted by Gasteiger charge is 2.15. The number of ether oxygens (including phenoxy) is 1. The minimum absolute atomic E-state index is 0.0931. The Balaban J connectivity index is 1.36. The molecule has 0 spiro atoms. The highest BCUT2D eigenvalue weighted by atomic mass is 32.1. The van der Waals surface area contributed by atoms with E-state index in [0.29, 0.717) is 5.82 Å². The van der Waals surface area contributed by atoms with Gasteiger partial charge in [-0.1, -0.05) is 30.3 Å². The molecule has 34 heavy (non-hydrogen) atoms. The van der Waals surface area contributed by atoms with Crippen molar-refractivity contribution in [3.63, 3.8) is 0 Å². The Morgan fingerprint density at radius 1 is 1.15 bits per heavy atom. The number of nitrogen functional groups attached to an aromatic ring is 1. The highest BCUT2D eigenvalue weighted by Crippen LogP contribution is 2.39. The maximum absolute atomic E-state index is 12.4. The summed E-state index contributed by atoms with van der Waals surface area (Å²) in [4.78, 5) is 16.8. The summed E-state index contributed by atoms with van der Waals surface area (Å²) in [5, 5.41) is 9.36. The van der Waals surface area contributed by atoms with Gasteiger partial charge in [-0.3, -0.25) is 4.79 Å². The van der Waals surface area contributed by atoms with Gasteiger partial charge in [-0.25, -0.2) is 4.98 Å². The Kier molecular flexibility index (Phi) is 6.56. The molecule has 0 bridgehead atoms. The topological polar surface area (TPSA) is 89.3 Å². The lowest BCUT2D eigenvalue weighted by Gasteiger charge is -2.23. The number of rotatable bonds is 6. The smallest absolute Gasteiger partial charge is 0.244 e. The van der Waals surface area contributed by atoms with Gasteiger partial charge in [0.2, 0.25) is 5.91 Å². The zero-order valence-electron chi connectivity index (χ0n) is 18.7. The molecule has 0 aliphatic carbocycles. The predicted molar refractivity (Wildman–Crippen MR) is 139 cm³/mol. The molecule has 1 saturated heterocycles. The number of carbonyl (C=O) groups is 1. The summed E-state index contributed by atoms with van der Waals surface area (Å²) in [5.41, 5.74) is 9.21. The highest BCUT2D eigenvalue weighted by molar-refractivity contribution is 7.18. The molecular weight excluding hydrogens is 444 g/mol. The number of aromatic nitrogens is 1. The van der Waals surface area contributed by atoms with Crippen LogP contribution in [0.1, 0.15) is 18.4 Å². The number of hydrogen-bond donors (Lipinski definition) is 3. The number of anilines is 1. The number of nitrogens with one attached hydrogen (secondary N) is 2. The average Bonchev–Trinajstić information content (AvgIpc) is 3.32. The van der Waals surface area contributed by atoms with E-state index in [-0.39, 0.29) is 11.9 Å². The van der Waals surface area contributed by atoms with Gasteiger partial charge >= 0.3 is 0 Å². The lowest BCUT2D eigenvalue weighted by atomic mass is 10.0. The number of piperidine rings is 1. The second-order valence-corrected chi connectivity index (χ2v) is 9.16. The molecular formula is C27H26N4O2S. The van der Waals surface area contributed by atoms with E-state index in [9.17, 15) is 4.79 Å². The van der Waals surface area contributed by atoms with E-state index in [4.69, 9.17) is 10.5 Å². The third-order valence-corrected chi connectivity index (χ3v) is 6.88. The summed E-state index contributed by atoms with van der Waals surface area (Å²) < 4.78 is 6.91. The van der Waals surface area contributed by atoms with Crippen molar-refractivity contribution in [3.8, 4) is 22.6 Å². The predicted octanol–water partition coefficient (Wildman–Crippen LogP) is 5.22. The van der Waals surface area contributed by atoms with Crippen LogP contribution in [0.2, 0.25) is 0 Å². The molecule has 1 fully saturated rings. The van der Waals surface area contributed by atoms with Crippen LogP contribution >= 0.6 is 11.3 Å². The molecule has 6 nitrogen and oxygen atoms in total. The van der Waals surface area contributed by atoms with Gasteiger partial charge in [-0.2, -0.15) is 0 Å². The third-order valence-electron chi connectivity index (χ3n) is 5.85. The Bertz CT molecular complexity index is 1310. The third kappa shape index (κ3) is 4.95. The van der Waals surface area contributed by atoms with Gasteiger partial charge in [0.05, 0.1) is 0 Å². The van der Waals surface area contributed by atoms with Gasteiger partial charge in [-0.15, -0.1) is 11.3 Å². The second kappa shape index (κ2) is 10.1. The molecule has 1 aliphatic heterocycles. The molecule has 0 saturated carbocycles. The quantitative estimate of drug-likeness (QED) is 0.336. The van der Waals surface area contributed by atoms with Crippen LogP contribution < -0.4 is 21.1 Å². The van der Waals surface area contributed by atoms with Crippen molar-refractivity contribution in [2.75, 3.05) is 18.8 Å². The Morgan fingerprint density at radius 3 is 2.71 bits per heavy atom. The van der Waals surface area contributed by atoms with Crippen molar-refractivity contribution in [3.05, 3.63) is 77.8 Å². The number of nitrogens with zero attached hydrogens (tertiary/aromatic N) is 1. The van der Waals surface area contributed by atoms with E-state index in [2.05, 4.69) is 21.0 Å². The first-order chi connectivity index (χ1) is 16.7. The molecule has 0 radical (unpaired) electrons. The second-order valence-electron chi connectivity index (χ2n) is 8.28. The lowest BCUT2D eigenvalue weighted by molar-refractivity contribution is -0.117. The number of pyridine rings is 1. The van der Waals surface area contributed by atoms with Crippen molar-refractivity contribution >= 4 is 39.2 Å². The molecule has 1 aliphatic rings. The Hall–Kier alpha value is -3.68. The minimum Gasteiger partial charge on any atom is -0.457 e. The van der Waals surface area contributed by atoms with Crippen molar-refractivity contribution in [1.29, 1.82) is 0 Å². The van der Waals surface area contributed by atoms with Gasteiger partial charge in [0.1, 0.15) is 17.3 Å². The van der Waals surface area contributed by atoms with Crippen LogP contribution in [0, 0.1) is 0 Å². The average molecular weight is 471 g/mol. The Morgan fingerprint density at radius 2 is 1.94 bits per heavy atom. The van der Waals surface area contributed by atoms with Crippen LogP contribution in [-0.4, -0.2) is 30.0 Å². The lowest BCUT2D eigenvalue weighted by Crippen LogP contribution is -2.45. The number of carbonyl (C=O) groups excluding carboxylic acids is 1. The summed E-state index contributed by atoms with van der Waals surface area (Å²) in [7, 11) is 0. The fraction of sp³-hybridized carbons (Fsp3) is 0.185. The molecule has 4 N–H and O–H groups in total. The SMILES string of the molecule is Nc1ncc(C=CC(=O)NC2CCCNC2)c2scc(-c3ccc(Oc4ccccc4)cc3)c12. The van der Waals surface area contributed by atoms with E-state index < -0.39 is 0 Å². The number of amides is 1. The van der Waals surface area contributed by atoms with E-state index in [0.717, 1.165) is 64.2 Å². The van der Waals surface area contributed by atoms with Crippen molar-refractivity contribution < 1.29 is 9.53 Å². The first-order valence-electron chi connectivity index (χ1n) is 11.4. The zero-order chi connectivity index (χ0) is 23.3. The van der Waals surface area contributed by atoms with Crippen molar-refractivity contribution in [2.24, 2.45) is 0 Å². The monoisotopic (exact) mass is 470 g/mol. The van der Waals surface area contributed by atoms with Crippen molar-refractivity contribution in [2.45, 2.75) is 18.9 Å². The maximum atomic E-state index is 12.4. The molecule has 2 aromatic carbocycles. The first-order valence-corrected chi connectivity index (χ1v) is 12.2. The molecule has 2 aromatic heterocycles. The number of fused-ring (bicyclic) bond motifs is 1. The maximum Gasteiger partial charge on any atom is 0.244 e. The largest absolute Gasteiger partial charge is 0.457 e. The summed E-state index contributed by atoms with van der Waals surface area (Å²) >= 11 is 1.60. The van der Waals surface area contributed by atoms with Crippen molar-refractivity contribution in [1.82, 2.24) is 15.6 Å². The molecule has 172 valence electrons. The Labute approximate surface area is 202 Å². The van der Waals surface area contributed by atoms with Crippen LogP contribution in [0.3, 0.4) is 0 Å². The molecule has 1 unspecified atom stereocenters. The molecule has 7 heteroatoms. The van der Waals surface area contributed by atoms with Crippen LogP contribution in [0.15, 0.2) is 72.3 Å². The fourth-order valence-corrected chi connectivity index (χ4v) is 5.21. The summed E-state index contributed by atoms with van der Waals surface area (Å²) in [6.45, 7) is 1.83. The van der Waals surface area contributed by atoms with Crippen LogP contribution in [0.25, 0.3) is 27.3 Å². The molecule has 4 aromatic rings. The number of benzene rings is 2. The fourth-order valence-electron chi connectivity index (χ4n) is 4.13. The van der Waals surface area contributed by atoms with E-state index in [1.807, 2.05) is 60.7 Å². The summed E-state index contributed by atoms with van der Waals surface area (Å²) in [5.74, 6) is 1.95. The summed E-state index contributed by atoms with van der Waals surface area (Å²) in [6, 6.07) is 17.8. The first kappa shape index (κ1) is 22.1. The molecule has 5 rings (SSSR count). The van der Waals surface area contributed by atoms with E-state index in [1.165, 1.54) is 0 Å². The van der Waals surface area contributed by atoms with E-state index >= 15 is 0 Å². The van der Waals surface area contributed by atoms with Gasteiger partial charge in [0, 0.05) is 46.1 Å².